The molecule has 186 valence electrons. The minimum atomic E-state index is -3.26. The molecular weight excluding hydrogens is 458 g/mol. The molecule has 0 radical (unpaired) electrons. The van der Waals surface area contributed by atoms with Crippen LogP contribution in [0.3, 0.4) is 0 Å². The summed E-state index contributed by atoms with van der Waals surface area (Å²) in [4.78, 5) is 37.4. The molecule has 2 aromatic rings. The molecule has 1 saturated heterocycles. The second-order valence-electron chi connectivity index (χ2n) is 9.46. The van der Waals surface area contributed by atoms with Gasteiger partial charge in [-0.15, -0.1) is 0 Å². The molecule has 2 N–H and O–H groups in total. The highest BCUT2D eigenvalue weighted by atomic mass is 19.3. The number of carboxylic acid groups (broad SMARTS) is 1. The first kappa shape index (κ1) is 24.6. The number of nitrogens with zero attached hydrogens (tertiary/aromatic N) is 1. The fourth-order valence-corrected chi connectivity index (χ4v) is 4.85. The number of carboxylic acids is 1. The van der Waals surface area contributed by atoms with E-state index in [2.05, 4.69) is 5.32 Å². The van der Waals surface area contributed by atoms with Crippen molar-refractivity contribution in [2.75, 3.05) is 13.2 Å². The normalized spacial score (nSPS) is 19.2. The van der Waals surface area contributed by atoms with E-state index in [9.17, 15) is 28.3 Å². The summed E-state index contributed by atoms with van der Waals surface area (Å²) in [6.45, 7) is 2.69. The molecule has 1 fully saturated rings. The van der Waals surface area contributed by atoms with Crippen molar-refractivity contribution < 1.29 is 33.0 Å². The third-order valence-electron chi connectivity index (χ3n) is 6.72. The highest BCUT2D eigenvalue weighted by molar-refractivity contribution is 5.85. The topological polar surface area (TPSA) is 95.9 Å². The molecule has 0 saturated carbocycles. The Hall–Kier alpha value is -3.49. The monoisotopic (exact) mass is 486 g/mol. The van der Waals surface area contributed by atoms with Crippen molar-refractivity contribution in [3.05, 3.63) is 59.7 Å². The number of fused-ring (bicyclic) bond motifs is 3. The Morgan fingerprint density at radius 1 is 1.09 bits per heavy atom. The molecule has 0 aromatic heterocycles. The van der Waals surface area contributed by atoms with E-state index in [0.717, 1.165) is 22.3 Å². The van der Waals surface area contributed by atoms with Gasteiger partial charge >= 0.3 is 12.1 Å². The van der Waals surface area contributed by atoms with Crippen molar-refractivity contribution in [3.8, 4) is 11.1 Å². The Kier molecular flexibility index (Phi) is 6.78. The van der Waals surface area contributed by atoms with E-state index in [1.54, 1.807) is 13.8 Å². The van der Waals surface area contributed by atoms with E-state index >= 15 is 0 Å². The lowest BCUT2D eigenvalue weighted by atomic mass is 9.98. The zero-order valence-electron chi connectivity index (χ0n) is 19.5. The summed E-state index contributed by atoms with van der Waals surface area (Å²) in [5.41, 5.74) is 4.31. The van der Waals surface area contributed by atoms with Crippen LogP contribution in [0.15, 0.2) is 48.5 Å². The Bertz CT molecular complexity index is 1090. The molecule has 1 heterocycles. The predicted molar refractivity (Wildman–Crippen MR) is 124 cm³/mol. The summed E-state index contributed by atoms with van der Waals surface area (Å²) >= 11 is 0. The van der Waals surface area contributed by atoms with Crippen molar-refractivity contribution in [2.24, 2.45) is 5.92 Å². The number of nitrogens with one attached hydrogen (secondary N) is 1. The number of alkyl carbamates (subject to hydrolysis) is 1. The Morgan fingerprint density at radius 2 is 1.66 bits per heavy atom. The summed E-state index contributed by atoms with van der Waals surface area (Å²) in [7, 11) is 0. The number of carbonyl (C=O) groups excluding carboxylic acids is 2. The highest BCUT2D eigenvalue weighted by Gasteiger charge is 2.50. The molecule has 0 spiro atoms. The van der Waals surface area contributed by atoms with Crippen LogP contribution in [0.1, 0.15) is 43.7 Å². The van der Waals surface area contributed by atoms with E-state index in [1.165, 1.54) is 0 Å². The number of aliphatic carboxylic acids is 1. The molecule has 1 aliphatic carbocycles. The molecule has 35 heavy (non-hydrogen) atoms. The minimum absolute atomic E-state index is 0.0953. The van der Waals surface area contributed by atoms with Gasteiger partial charge in [0.25, 0.3) is 5.92 Å². The highest BCUT2D eigenvalue weighted by Crippen LogP contribution is 2.44. The van der Waals surface area contributed by atoms with E-state index in [4.69, 9.17) is 4.74 Å². The van der Waals surface area contributed by atoms with Crippen LogP contribution in [0, 0.1) is 5.92 Å². The first-order valence-electron chi connectivity index (χ1n) is 11.6. The third-order valence-corrected chi connectivity index (χ3v) is 6.72. The summed E-state index contributed by atoms with van der Waals surface area (Å²) < 4.78 is 33.1. The van der Waals surface area contributed by atoms with Crippen molar-refractivity contribution >= 4 is 18.0 Å². The molecule has 2 aromatic carbocycles. The lowest BCUT2D eigenvalue weighted by Crippen LogP contribution is -2.46. The smallest absolute Gasteiger partial charge is 0.407 e. The van der Waals surface area contributed by atoms with Gasteiger partial charge in [-0.25, -0.2) is 18.4 Å². The fraction of sp³-hybridized carbons (Fsp3) is 0.423. The molecule has 7 nitrogen and oxygen atoms in total. The zero-order valence-corrected chi connectivity index (χ0v) is 19.5. The SMILES string of the molecule is CC(C)[C@@H](CC(=O)N1CC(F)(F)C[C@H]1C(=O)O)NC(=O)OCC1c2ccccc2-c2ccccc21. The van der Waals surface area contributed by atoms with Crippen molar-refractivity contribution in [3.63, 3.8) is 0 Å². The van der Waals surface area contributed by atoms with Gasteiger partial charge < -0.3 is 20.1 Å². The summed E-state index contributed by atoms with van der Waals surface area (Å²) in [5, 5.41) is 11.9. The lowest BCUT2D eigenvalue weighted by molar-refractivity contribution is -0.148. The molecule has 2 aliphatic rings. The summed E-state index contributed by atoms with van der Waals surface area (Å²) in [5.74, 6) is -5.82. The van der Waals surface area contributed by atoms with E-state index in [0.29, 0.717) is 4.90 Å². The average Bonchev–Trinajstić information content (AvgIpc) is 3.31. The number of carbonyl (C=O) groups is 3. The number of halogens is 2. The molecule has 1 aliphatic heterocycles. The van der Waals surface area contributed by atoms with Crippen LogP contribution in [0.25, 0.3) is 11.1 Å². The standard InChI is InChI=1S/C26H28F2N2O5/c1-15(2)21(11-23(31)30-14-26(27,28)12-22(30)24(32)33)29-25(34)35-13-20-18-9-5-3-7-16(18)17-8-4-6-10-19(17)20/h3-10,15,20-22H,11-14H2,1-2H3,(H,29,34)(H,32,33)/t21-,22+/m1/s1. The number of hydrogen-bond acceptors (Lipinski definition) is 4. The number of benzene rings is 2. The Labute approximate surface area is 202 Å². The van der Waals surface area contributed by atoms with Crippen molar-refractivity contribution in [2.45, 2.75) is 50.6 Å². The first-order valence-corrected chi connectivity index (χ1v) is 11.6. The number of ether oxygens (including phenoxy) is 1. The summed E-state index contributed by atoms with van der Waals surface area (Å²) in [6.07, 6.45) is -1.94. The molecule has 2 atom stereocenters. The quantitative estimate of drug-likeness (QED) is 0.610. The van der Waals surface area contributed by atoms with E-state index in [1.807, 2.05) is 48.5 Å². The lowest BCUT2D eigenvalue weighted by Gasteiger charge is -2.26. The van der Waals surface area contributed by atoms with Crippen LogP contribution in [0.4, 0.5) is 13.6 Å². The Morgan fingerprint density at radius 3 is 2.20 bits per heavy atom. The predicted octanol–water partition coefficient (Wildman–Crippen LogP) is 4.26. The van der Waals surface area contributed by atoms with Crippen molar-refractivity contribution in [1.29, 1.82) is 0 Å². The van der Waals surface area contributed by atoms with Gasteiger partial charge in [-0.2, -0.15) is 0 Å². The van der Waals surface area contributed by atoms with Gasteiger partial charge in [-0.3, -0.25) is 4.79 Å². The average molecular weight is 487 g/mol. The largest absolute Gasteiger partial charge is 0.480 e. The van der Waals surface area contributed by atoms with Gasteiger partial charge in [0.15, 0.2) is 0 Å². The van der Waals surface area contributed by atoms with Gasteiger partial charge in [-0.1, -0.05) is 62.4 Å². The molecule has 0 bridgehead atoms. The molecule has 9 heteroatoms. The van der Waals surface area contributed by atoms with Crippen LogP contribution in [0.2, 0.25) is 0 Å². The van der Waals surface area contributed by atoms with Crippen LogP contribution in [-0.4, -0.2) is 59.1 Å². The second kappa shape index (κ2) is 9.64. The van der Waals surface area contributed by atoms with Gasteiger partial charge in [0.2, 0.25) is 5.91 Å². The van der Waals surface area contributed by atoms with Crippen LogP contribution in [0.5, 0.6) is 0 Å². The zero-order chi connectivity index (χ0) is 25.3. The number of amides is 2. The third kappa shape index (κ3) is 5.13. The fourth-order valence-electron chi connectivity index (χ4n) is 4.85. The molecule has 0 unspecified atom stereocenters. The second-order valence-corrected chi connectivity index (χ2v) is 9.46. The number of alkyl halides is 2. The molecule has 2 amide bonds. The first-order chi connectivity index (χ1) is 16.6. The maximum Gasteiger partial charge on any atom is 0.407 e. The summed E-state index contributed by atoms with van der Waals surface area (Å²) in [6, 6.07) is 13.6. The number of rotatable bonds is 7. The van der Waals surface area contributed by atoms with Gasteiger partial charge in [0.1, 0.15) is 12.6 Å². The van der Waals surface area contributed by atoms with Crippen molar-refractivity contribution in [1.82, 2.24) is 10.2 Å². The van der Waals surface area contributed by atoms with E-state index < -0.39 is 48.9 Å². The van der Waals surface area contributed by atoms with Gasteiger partial charge in [0.05, 0.1) is 6.54 Å². The maximum absolute atomic E-state index is 13.8. The number of hydrogen-bond donors (Lipinski definition) is 2. The minimum Gasteiger partial charge on any atom is -0.480 e. The van der Waals surface area contributed by atoms with Crippen LogP contribution < -0.4 is 5.32 Å². The molecule has 4 rings (SSSR count). The van der Waals surface area contributed by atoms with Gasteiger partial charge in [0, 0.05) is 24.8 Å². The van der Waals surface area contributed by atoms with E-state index in [-0.39, 0.29) is 24.9 Å². The molecular formula is C26H28F2N2O5. The number of likely N-dealkylation sites (tertiary alicyclic amines) is 1. The van der Waals surface area contributed by atoms with Crippen LogP contribution in [-0.2, 0) is 14.3 Å². The Balaban J connectivity index is 1.39. The maximum atomic E-state index is 13.8. The van der Waals surface area contributed by atoms with Gasteiger partial charge in [-0.05, 0) is 28.2 Å². The van der Waals surface area contributed by atoms with Crippen LogP contribution >= 0.6 is 0 Å².